The Hall–Kier alpha value is -2.14. The van der Waals surface area contributed by atoms with Crippen molar-refractivity contribution in [3.05, 3.63) is 42.1 Å². The maximum atomic E-state index is 8.72. The van der Waals surface area contributed by atoms with E-state index in [-0.39, 0.29) is 11.9 Å². The third-order valence-electron chi connectivity index (χ3n) is 3.34. The number of likely N-dealkylation sites (N-methyl/N-ethyl adjacent to an activating group) is 1. The minimum Gasteiger partial charge on any atom is -0.409 e. The van der Waals surface area contributed by atoms with E-state index in [9.17, 15) is 0 Å². The van der Waals surface area contributed by atoms with Crippen LogP contribution in [0.3, 0.4) is 0 Å². The summed E-state index contributed by atoms with van der Waals surface area (Å²) in [5, 5.41) is 12.9. The molecule has 2 aromatic rings. The lowest BCUT2D eigenvalue weighted by molar-refractivity contribution is 0.279. The Balaban J connectivity index is 2.26. The van der Waals surface area contributed by atoms with Crippen molar-refractivity contribution in [3.8, 4) is 0 Å². The number of nitrogens with zero attached hydrogens (tertiary/aromatic N) is 3. The molecule has 0 spiro atoms. The summed E-state index contributed by atoms with van der Waals surface area (Å²) >= 11 is 0. The molecule has 0 bridgehead atoms. The normalized spacial score (nSPS) is 13.9. The Kier molecular flexibility index (Phi) is 3.97. The fraction of sp³-hybridized carbons (Fsp3) is 0.286. The number of pyridine rings is 1. The van der Waals surface area contributed by atoms with E-state index in [2.05, 4.69) is 10.1 Å². The van der Waals surface area contributed by atoms with Crippen molar-refractivity contribution in [2.75, 3.05) is 7.05 Å². The number of benzene rings is 1. The summed E-state index contributed by atoms with van der Waals surface area (Å²) in [5.41, 5.74) is 7.74. The summed E-state index contributed by atoms with van der Waals surface area (Å²) in [6.07, 6.45) is 1.79. The monoisotopic (exact) mass is 258 g/mol. The first-order chi connectivity index (χ1) is 9.13. The lowest BCUT2D eigenvalue weighted by atomic mass is 10.1. The quantitative estimate of drug-likeness (QED) is 0.379. The molecule has 5 heteroatoms. The van der Waals surface area contributed by atoms with Gasteiger partial charge < -0.3 is 10.9 Å². The predicted octanol–water partition coefficient (Wildman–Crippen LogP) is 1.80. The minimum atomic E-state index is -0.135. The molecular formula is C14H18N4O. The van der Waals surface area contributed by atoms with E-state index in [1.54, 1.807) is 6.20 Å². The second kappa shape index (κ2) is 5.67. The van der Waals surface area contributed by atoms with Crippen molar-refractivity contribution in [3.63, 3.8) is 0 Å². The second-order valence-corrected chi connectivity index (χ2v) is 4.61. The van der Waals surface area contributed by atoms with E-state index < -0.39 is 0 Å². The molecule has 0 aliphatic rings. The van der Waals surface area contributed by atoms with Crippen molar-refractivity contribution in [1.82, 2.24) is 9.88 Å². The molecule has 1 atom stereocenters. The highest BCUT2D eigenvalue weighted by atomic mass is 16.4. The summed E-state index contributed by atoms with van der Waals surface area (Å²) in [7, 11) is 1.94. The second-order valence-electron chi connectivity index (χ2n) is 4.61. The summed E-state index contributed by atoms with van der Waals surface area (Å²) in [6.45, 7) is 2.58. The number of nitrogens with two attached hydrogens (primary N) is 1. The third-order valence-corrected chi connectivity index (χ3v) is 3.34. The molecule has 1 heterocycles. The van der Waals surface area contributed by atoms with Crippen LogP contribution in [0.25, 0.3) is 10.9 Å². The topological polar surface area (TPSA) is 74.7 Å². The standard InChI is InChI=1S/C14H18N4O/c1-10(14(15)17-19)18(2)9-12-6-3-5-11-7-4-8-16-13(11)12/h3-8,10,19H,9H2,1-2H3,(H2,15,17). The molecule has 5 nitrogen and oxygen atoms in total. The molecule has 2 rings (SSSR count). The van der Waals surface area contributed by atoms with Gasteiger partial charge in [-0.25, -0.2) is 0 Å². The summed E-state index contributed by atoms with van der Waals surface area (Å²) in [5.74, 6) is 0.204. The van der Waals surface area contributed by atoms with Crippen LogP contribution in [0.4, 0.5) is 0 Å². The first-order valence-electron chi connectivity index (χ1n) is 6.13. The summed E-state index contributed by atoms with van der Waals surface area (Å²) in [4.78, 5) is 6.43. The van der Waals surface area contributed by atoms with Gasteiger partial charge in [-0.05, 0) is 25.6 Å². The number of hydrogen-bond acceptors (Lipinski definition) is 4. The van der Waals surface area contributed by atoms with Crippen LogP contribution in [0, 0.1) is 0 Å². The predicted molar refractivity (Wildman–Crippen MR) is 76.1 cm³/mol. The lowest BCUT2D eigenvalue weighted by Crippen LogP contribution is -2.40. The zero-order chi connectivity index (χ0) is 13.8. The average molecular weight is 258 g/mol. The molecule has 1 aromatic carbocycles. The van der Waals surface area contributed by atoms with Crippen LogP contribution in [0.5, 0.6) is 0 Å². The highest BCUT2D eigenvalue weighted by molar-refractivity contribution is 5.85. The summed E-state index contributed by atoms with van der Waals surface area (Å²) in [6, 6.07) is 9.93. The minimum absolute atomic E-state index is 0.135. The number of hydrogen-bond donors (Lipinski definition) is 2. The van der Waals surface area contributed by atoms with Crippen molar-refractivity contribution in [1.29, 1.82) is 0 Å². The molecule has 0 aliphatic heterocycles. The molecule has 1 aromatic heterocycles. The molecule has 100 valence electrons. The van der Waals surface area contributed by atoms with E-state index in [1.807, 2.05) is 49.2 Å². The van der Waals surface area contributed by atoms with Gasteiger partial charge in [-0.3, -0.25) is 9.88 Å². The Bertz CT molecular complexity index is 592. The van der Waals surface area contributed by atoms with Gasteiger partial charge in [-0.2, -0.15) is 0 Å². The van der Waals surface area contributed by atoms with Gasteiger partial charge in [0, 0.05) is 18.1 Å². The molecule has 3 N–H and O–H groups in total. The number of aromatic nitrogens is 1. The van der Waals surface area contributed by atoms with Crippen LogP contribution < -0.4 is 5.73 Å². The molecule has 0 aliphatic carbocycles. The maximum Gasteiger partial charge on any atom is 0.156 e. The van der Waals surface area contributed by atoms with Gasteiger partial charge in [0.15, 0.2) is 5.84 Å². The molecule has 0 saturated carbocycles. The van der Waals surface area contributed by atoms with E-state index >= 15 is 0 Å². The molecular weight excluding hydrogens is 240 g/mol. The Morgan fingerprint density at radius 1 is 1.42 bits per heavy atom. The number of fused-ring (bicyclic) bond motifs is 1. The van der Waals surface area contributed by atoms with Crippen molar-refractivity contribution in [2.24, 2.45) is 10.9 Å². The molecule has 0 saturated heterocycles. The third kappa shape index (κ3) is 2.82. The number of amidine groups is 1. The number of oxime groups is 1. The van der Waals surface area contributed by atoms with Crippen LogP contribution in [0.2, 0.25) is 0 Å². The lowest BCUT2D eigenvalue weighted by Gasteiger charge is -2.23. The van der Waals surface area contributed by atoms with E-state index in [0.29, 0.717) is 6.54 Å². The highest BCUT2D eigenvalue weighted by Gasteiger charge is 2.15. The van der Waals surface area contributed by atoms with Crippen molar-refractivity contribution < 1.29 is 5.21 Å². The Labute approximate surface area is 112 Å². The molecule has 1 unspecified atom stereocenters. The largest absolute Gasteiger partial charge is 0.409 e. The fourth-order valence-electron chi connectivity index (χ4n) is 2.01. The van der Waals surface area contributed by atoms with Gasteiger partial charge in [0.1, 0.15) is 0 Å². The SMILES string of the molecule is CC(C(N)=NO)N(C)Cc1cccc2cccnc12. The van der Waals surface area contributed by atoms with Gasteiger partial charge in [0.05, 0.1) is 11.6 Å². The van der Waals surface area contributed by atoms with Gasteiger partial charge in [0.2, 0.25) is 0 Å². The van der Waals surface area contributed by atoms with E-state index in [4.69, 9.17) is 10.9 Å². The first kappa shape index (κ1) is 13.3. The van der Waals surface area contributed by atoms with Crippen LogP contribution >= 0.6 is 0 Å². The van der Waals surface area contributed by atoms with Crippen LogP contribution in [0.1, 0.15) is 12.5 Å². The van der Waals surface area contributed by atoms with E-state index in [0.717, 1.165) is 16.5 Å². The molecule has 19 heavy (non-hydrogen) atoms. The first-order valence-corrected chi connectivity index (χ1v) is 6.13. The maximum absolute atomic E-state index is 8.72. The van der Waals surface area contributed by atoms with Crippen molar-refractivity contribution in [2.45, 2.75) is 19.5 Å². The van der Waals surface area contributed by atoms with Crippen LogP contribution in [0.15, 0.2) is 41.7 Å². The Morgan fingerprint density at radius 3 is 2.89 bits per heavy atom. The van der Waals surface area contributed by atoms with Gasteiger partial charge in [-0.1, -0.05) is 29.4 Å². The zero-order valence-corrected chi connectivity index (χ0v) is 11.1. The van der Waals surface area contributed by atoms with Gasteiger partial charge >= 0.3 is 0 Å². The van der Waals surface area contributed by atoms with Gasteiger partial charge in [0.25, 0.3) is 0 Å². The fourth-order valence-corrected chi connectivity index (χ4v) is 2.01. The van der Waals surface area contributed by atoms with Crippen LogP contribution in [-0.2, 0) is 6.54 Å². The van der Waals surface area contributed by atoms with E-state index in [1.165, 1.54) is 0 Å². The average Bonchev–Trinajstić information content (AvgIpc) is 2.46. The molecule has 0 fully saturated rings. The smallest absolute Gasteiger partial charge is 0.156 e. The summed E-state index contributed by atoms with van der Waals surface area (Å²) < 4.78 is 0. The number of para-hydroxylation sites is 1. The Morgan fingerprint density at radius 2 is 2.16 bits per heavy atom. The van der Waals surface area contributed by atoms with Crippen LogP contribution in [-0.4, -0.2) is 34.0 Å². The highest BCUT2D eigenvalue weighted by Crippen LogP contribution is 2.17. The van der Waals surface area contributed by atoms with Crippen molar-refractivity contribution >= 4 is 16.7 Å². The van der Waals surface area contributed by atoms with Gasteiger partial charge in [-0.15, -0.1) is 0 Å². The molecule has 0 amide bonds. The zero-order valence-electron chi connectivity index (χ0n) is 11.1. The molecule has 0 radical (unpaired) electrons. The number of rotatable bonds is 4.